The maximum absolute atomic E-state index is 12.2. The summed E-state index contributed by atoms with van der Waals surface area (Å²) < 4.78 is 0. The molecule has 1 aromatic heterocycles. The zero-order valence-electron chi connectivity index (χ0n) is 13.1. The van der Waals surface area contributed by atoms with Crippen molar-refractivity contribution in [3.63, 3.8) is 0 Å². The summed E-state index contributed by atoms with van der Waals surface area (Å²) in [6.45, 7) is 4.17. The standard InChI is InChI=1S/C19H21N3O/c23-19(10-9-17-6-2-1-3-7-17)22-14-12-21(13-15-22)16-18-8-4-5-11-20-18/h1-11H,12-16H2. The van der Waals surface area contributed by atoms with Gasteiger partial charge in [-0.2, -0.15) is 0 Å². The number of piperazine rings is 1. The van der Waals surface area contributed by atoms with Crippen molar-refractivity contribution in [2.24, 2.45) is 0 Å². The molecule has 2 aromatic rings. The molecule has 3 rings (SSSR count). The first-order valence-corrected chi connectivity index (χ1v) is 7.95. The van der Waals surface area contributed by atoms with E-state index in [2.05, 4.69) is 9.88 Å². The Balaban J connectivity index is 1.48. The Labute approximate surface area is 137 Å². The van der Waals surface area contributed by atoms with Gasteiger partial charge in [0.15, 0.2) is 0 Å². The molecule has 0 radical (unpaired) electrons. The summed E-state index contributed by atoms with van der Waals surface area (Å²) in [5.41, 5.74) is 2.13. The molecule has 1 aromatic carbocycles. The van der Waals surface area contributed by atoms with Crippen molar-refractivity contribution in [1.82, 2.24) is 14.8 Å². The van der Waals surface area contributed by atoms with Crippen molar-refractivity contribution in [2.45, 2.75) is 6.54 Å². The molecule has 1 fully saturated rings. The fourth-order valence-corrected chi connectivity index (χ4v) is 2.68. The van der Waals surface area contributed by atoms with Gasteiger partial charge < -0.3 is 4.90 Å². The Morgan fingerprint density at radius 3 is 2.43 bits per heavy atom. The van der Waals surface area contributed by atoms with Crippen LogP contribution in [0.3, 0.4) is 0 Å². The van der Waals surface area contributed by atoms with Crippen molar-refractivity contribution in [1.29, 1.82) is 0 Å². The van der Waals surface area contributed by atoms with Crippen LogP contribution in [0.2, 0.25) is 0 Å². The molecule has 4 nitrogen and oxygen atoms in total. The van der Waals surface area contributed by atoms with Gasteiger partial charge in [0.1, 0.15) is 0 Å². The number of carbonyl (C=O) groups excluding carboxylic acids is 1. The number of amides is 1. The summed E-state index contributed by atoms with van der Waals surface area (Å²) in [5, 5.41) is 0. The average Bonchev–Trinajstić information content (AvgIpc) is 2.62. The summed E-state index contributed by atoms with van der Waals surface area (Å²) in [6.07, 6.45) is 5.37. The zero-order valence-corrected chi connectivity index (χ0v) is 13.1. The molecule has 0 atom stereocenters. The number of benzene rings is 1. The Bertz CT molecular complexity index is 647. The first-order valence-electron chi connectivity index (χ1n) is 7.95. The van der Waals surface area contributed by atoms with Gasteiger partial charge in [-0.1, -0.05) is 36.4 Å². The van der Waals surface area contributed by atoms with Gasteiger partial charge in [0.2, 0.25) is 5.91 Å². The first kappa shape index (κ1) is 15.4. The summed E-state index contributed by atoms with van der Waals surface area (Å²) >= 11 is 0. The number of pyridine rings is 1. The Morgan fingerprint density at radius 2 is 1.74 bits per heavy atom. The number of aromatic nitrogens is 1. The number of hydrogen-bond donors (Lipinski definition) is 0. The SMILES string of the molecule is O=C(C=Cc1ccccc1)N1CCN(Cc2ccccn2)CC1. The topological polar surface area (TPSA) is 36.4 Å². The third kappa shape index (κ3) is 4.50. The lowest BCUT2D eigenvalue weighted by Gasteiger charge is -2.34. The molecule has 0 saturated carbocycles. The van der Waals surface area contributed by atoms with E-state index in [-0.39, 0.29) is 5.91 Å². The number of hydrogen-bond acceptors (Lipinski definition) is 3. The van der Waals surface area contributed by atoms with E-state index in [1.807, 2.05) is 65.7 Å². The summed E-state index contributed by atoms with van der Waals surface area (Å²) in [5.74, 6) is 0.0892. The van der Waals surface area contributed by atoms with Crippen molar-refractivity contribution in [3.05, 3.63) is 72.1 Å². The third-order valence-electron chi connectivity index (χ3n) is 4.01. The highest BCUT2D eigenvalue weighted by atomic mass is 16.2. The molecule has 1 amide bonds. The summed E-state index contributed by atoms with van der Waals surface area (Å²) in [6, 6.07) is 15.9. The lowest BCUT2D eigenvalue weighted by molar-refractivity contribution is -0.127. The molecule has 1 aliphatic heterocycles. The molecular formula is C19H21N3O. The van der Waals surface area contributed by atoms with Crippen molar-refractivity contribution in [3.8, 4) is 0 Å². The highest BCUT2D eigenvalue weighted by Gasteiger charge is 2.19. The van der Waals surface area contributed by atoms with Crippen LogP contribution in [-0.4, -0.2) is 46.9 Å². The fraction of sp³-hybridized carbons (Fsp3) is 0.263. The van der Waals surface area contributed by atoms with Crippen molar-refractivity contribution >= 4 is 12.0 Å². The Hall–Kier alpha value is -2.46. The normalized spacial score (nSPS) is 15.9. The molecule has 1 saturated heterocycles. The molecule has 1 aliphatic rings. The number of nitrogens with zero attached hydrogens (tertiary/aromatic N) is 3. The lowest BCUT2D eigenvalue weighted by atomic mass is 10.2. The second-order valence-corrected chi connectivity index (χ2v) is 5.67. The van der Waals surface area contributed by atoms with Crippen LogP contribution in [0.1, 0.15) is 11.3 Å². The van der Waals surface area contributed by atoms with E-state index in [0.29, 0.717) is 0 Å². The zero-order chi connectivity index (χ0) is 15.9. The maximum Gasteiger partial charge on any atom is 0.246 e. The van der Waals surface area contributed by atoms with Gasteiger partial charge in [0.25, 0.3) is 0 Å². The van der Waals surface area contributed by atoms with E-state index in [9.17, 15) is 4.79 Å². The Morgan fingerprint density at radius 1 is 1.00 bits per heavy atom. The molecular weight excluding hydrogens is 286 g/mol. The summed E-state index contributed by atoms with van der Waals surface area (Å²) in [7, 11) is 0. The van der Waals surface area contributed by atoms with Crippen LogP contribution in [-0.2, 0) is 11.3 Å². The number of carbonyl (C=O) groups is 1. The van der Waals surface area contributed by atoms with Crippen LogP contribution < -0.4 is 0 Å². The minimum absolute atomic E-state index is 0.0892. The summed E-state index contributed by atoms with van der Waals surface area (Å²) in [4.78, 5) is 20.9. The number of rotatable bonds is 4. The smallest absolute Gasteiger partial charge is 0.246 e. The predicted molar refractivity (Wildman–Crippen MR) is 91.6 cm³/mol. The highest BCUT2D eigenvalue weighted by molar-refractivity contribution is 5.91. The van der Waals surface area contributed by atoms with Gasteiger partial charge in [-0.3, -0.25) is 14.7 Å². The van der Waals surface area contributed by atoms with E-state index in [1.54, 1.807) is 6.08 Å². The molecule has 0 unspecified atom stereocenters. The van der Waals surface area contributed by atoms with E-state index in [0.717, 1.165) is 44.0 Å². The molecule has 0 aliphatic carbocycles. The molecule has 0 N–H and O–H groups in total. The third-order valence-corrected chi connectivity index (χ3v) is 4.01. The second-order valence-electron chi connectivity index (χ2n) is 5.67. The minimum atomic E-state index is 0.0892. The van der Waals surface area contributed by atoms with E-state index < -0.39 is 0 Å². The average molecular weight is 307 g/mol. The van der Waals surface area contributed by atoms with E-state index >= 15 is 0 Å². The van der Waals surface area contributed by atoms with Gasteiger partial charge in [0, 0.05) is 45.0 Å². The van der Waals surface area contributed by atoms with Gasteiger partial charge in [-0.15, -0.1) is 0 Å². The van der Waals surface area contributed by atoms with E-state index in [4.69, 9.17) is 0 Å². The molecule has 2 heterocycles. The van der Waals surface area contributed by atoms with Crippen LogP contribution >= 0.6 is 0 Å². The van der Waals surface area contributed by atoms with Crippen molar-refractivity contribution in [2.75, 3.05) is 26.2 Å². The van der Waals surface area contributed by atoms with Crippen LogP contribution in [0.25, 0.3) is 6.08 Å². The molecule has 0 spiro atoms. The second kappa shape index (κ2) is 7.70. The quantitative estimate of drug-likeness (QED) is 0.814. The van der Waals surface area contributed by atoms with Crippen LogP contribution in [0.4, 0.5) is 0 Å². The van der Waals surface area contributed by atoms with Gasteiger partial charge >= 0.3 is 0 Å². The van der Waals surface area contributed by atoms with Crippen LogP contribution in [0, 0.1) is 0 Å². The highest BCUT2D eigenvalue weighted by Crippen LogP contribution is 2.08. The largest absolute Gasteiger partial charge is 0.337 e. The van der Waals surface area contributed by atoms with Gasteiger partial charge in [0.05, 0.1) is 5.69 Å². The van der Waals surface area contributed by atoms with Crippen LogP contribution in [0.5, 0.6) is 0 Å². The van der Waals surface area contributed by atoms with Crippen LogP contribution in [0.15, 0.2) is 60.8 Å². The predicted octanol–water partition coefficient (Wildman–Crippen LogP) is 2.44. The lowest BCUT2D eigenvalue weighted by Crippen LogP contribution is -2.47. The molecule has 0 bridgehead atoms. The van der Waals surface area contributed by atoms with E-state index in [1.165, 1.54) is 0 Å². The first-order chi connectivity index (χ1) is 11.3. The minimum Gasteiger partial charge on any atom is -0.337 e. The van der Waals surface area contributed by atoms with Crippen molar-refractivity contribution < 1.29 is 4.79 Å². The van der Waals surface area contributed by atoms with Gasteiger partial charge in [-0.05, 0) is 23.8 Å². The Kier molecular flexibility index (Phi) is 5.17. The molecule has 118 valence electrons. The monoisotopic (exact) mass is 307 g/mol. The maximum atomic E-state index is 12.2. The fourth-order valence-electron chi connectivity index (χ4n) is 2.68. The van der Waals surface area contributed by atoms with Gasteiger partial charge in [-0.25, -0.2) is 0 Å². The molecule has 4 heteroatoms. The molecule has 23 heavy (non-hydrogen) atoms.